The number of benzene rings is 1. The third-order valence-electron chi connectivity index (χ3n) is 3.25. The van der Waals surface area contributed by atoms with Gasteiger partial charge in [0.05, 0.1) is 5.69 Å². The number of Topliss-reactive ketones (excluding diaryl/α,β-unsaturated/α-hetero) is 1. The molecule has 6 heteroatoms. The smallest absolute Gasteiger partial charge is 0.293 e. The molecule has 0 spiro atoms. The van der Waals surface area contributed by atoms with Gasteiger partial charge in [-0.25, -0.2) is 4.98 Å². The molecule has 3 rings (SSSR count). The summed E-state index contributed by atoms with van der Waals surface area (Å²) in [5, 5.41) is 5.10. The minimum absolute atomic E-state index is 0.00908. The van der Waals surface area contributed by atoms with Crippen LogP contribution in [0.25, 0.3) is 11.3 Å². The van der Waals surface area contributed by atoms with Crippen molar-refractivity contribution in [1.82, 2.24) is 4.98 Å². The topological polar surface area (TPSA) is 72.2 Å². The molecule has 0 saturated carbocycles. The second-order valence-electron chi connectivity index (χ2n) is 5.05. The highest BCUT2D eigenvalue weighted by Crippen LogP contribution is 2.24. The first-order valence-electron chi connectivity index (χ1n) is 6.97. The third kappa shape index (κ3) is 3.37. The number of carbonyl (C=O) groups excluding carboxylic acids is 2. The number of rotatable bonds is 4. The zero-order valence-corrected chi connectivity index (χ0v) is 13.4. The molecule has 0 radical (unpaired) electrons. The van der Waals surface area contributed by atoms with Gasteiger partial charge in [-0.05, 0) is 26.0 Å². The molecule has 1 N–H and O–H groups in total. The van der Waals surface area contributed by atoms with E-state index in [9.17, 15) is 9.59 Å². The molecule has 0 aliphatic heterocycles. The molecule has 1 amide bonds. The normalized spacial score (nSPS) is 10.5. The molecule has 3 aromatic rings. The van der Waals surface area contributed by atoms with E-state index in [-0.39, 0.29) is 17.5 Å². The van der Waals surface area contributed by atoms with Crippen molar-refractivity contribution in [1.29, 1.82) is 0 Å². The number of aryl methyl sites for hydroxylation is 1. The molecule has 0 fully saturated rings. The number of hydrogen-bond donors (Lipinski definition) is 1. The summed E-state index contributed by atoms with van der Waals surface area (Å²) < 4.78 is 5.59. The number of anilines is 1. The number of nitrogens with one attached hydrogen (secondary N) is 1. The zero-order chi connectivity index (χ0) is 16.4. The average molecular weight is 326 g/mol. The van der Waals surface area contributed by atoms with Gasteiger partial charge in [0.1, 0.15) is 5.76 Å². The maximum atomic E-state index is 12.1. The Morgan fingerprint density at radius 3 is 2.48 bits per heavy atom. The van der Waals surface area contributed by atoms with Crippen molar-refractivity contribution in [3.8, 4) is 11.3 Å². The number of carbonyl (C=O) groups is 2. The molecular formula is C17H14N2O3S. The van der Waals surface area contributed by atoms with Crippen LogP contribution in [-0.2, 0) is 0 Å². The standard InChI is InChI=1S/C17H14N2O3S/c1-10-9-23-17(18-10)19-16(21)15-8-7-14(22-15)13-5-3-12(4-6-13)11(2)20/h3-9H,1-2H3,(H,18,19,21). The van der Waals surface area contributed by atoms with Crippen LogP contribution in [0.4, 0.5) is 5.13 Å². The third-order valence-corrected chi connectivity index (χ3v) is 4.12. The first kappa shape index (κ1) is 15.2. The van der Waals surface area contributed by atoms with E-state index in [1.54, 1.807) is 36.4 Å². The Morgan fingerprint density at radius 2 is 1.87 bits per heavy atom. The van der Waals surface area contributed by atoms with Crippen molar-refractivity contribution in [3.63, 3.8) is 0 Å². The van der Waals surface area contributed by atoms with E-state index in [1.165, 1.54) is 18.3 Å². The van der Waals surface area contributed by atoms with Crippen LogP contribution in [0.2, 0.25) is 0 Å². The zero-order valence-electron chi connectivity index (χ0n) is 12.6. The first-order valence-corrected chi connectivity index (χ1v) is 7.85. The summed E-state index contributed by atoms with van der Waals surface area (Å²) in [4.78, 5) is 27.6. The second kappa shape index (κ2) is 6.18. The van der Waals surface area contributed by atoms with Crippen LogP contribution in [-0.4, -0.2) is 16.7 Å². The number of amides is 1. The summed E-state index contributed by atoms with van der Waals surface area (Å²) in [7, 11) is 0. The van der Waals surface area contributed by atoms with Crippen molar-refractivity contribution >= 4 is 28.2 Å². The van der Waals surface area contributed by atoms with Crippen LogP contribution in [0.15, 0.2) is 46.2 Å². The Labute approximate surface area is 137 Å². The fourth-order valence-electron chi connectivity index (χ4n) is 2.05. The quantitative estimate of drug-likeness (QED) is 0.730. The van der Waals surface area contributed by atoms with Crippen LogP contribution >= 0.6 is 11.3 Å². The highest BCUT2D eigenvalue weighted by Gasteiger charge is 2.14. The highest BCUT2D eigenvalue weighted by molar-refractivity contribution is 7.13. The predicted molar refractivity (Wildman–Crippen MR) is 89.0 cm³/mol. The Balaban J connectivity index is 1.77. The molecule has 2 heterocycles. The van der Waals surface area contributed by atoms with Gasteiger partial charge >= 0.3 is 0 Å². The summed E-state index contributed by atoms with van der Waals surface area (Å²) >= 11 is 1.36. The van der Waals surface area contributed by atoms with E-state index < -0.39 is 0 Å². The van der Waals surface area contributed by atoms with Gasteiger partial charge in [-0.15, -0.1) is 11.3 Å². The number of aromatic nitrogens is 1. The van der Waals surface area contributed by atoms with Gasteiger partial charge in [0, 0.05) is 16.5 Å². The molecular weight excluding hydrogens is 312 g/mol. The maximum Gasteiger partial charge on any atom is 0.293 e. The largest absolute Gasteiger partial charge is 0.451 e. The van der Waals surface area contributed by atoms with Gasteiger partial charge in [0.15, 0.2) is 16.7 Å². The van der Waals surface area contributed by atoms with Crippen molar-refractivity contribution < 1.29 is 14.0 Å². The predicted octanol–water partition coefficient (Wildman–Crippen LogP) is 4.17. The minimum Gasteiger partial charge on any atom is -0.451 e. The molecule has 23 heavy (non-hydrogen) atoms. The van der Waals surface area contributed by atoms with Gasteiger partial charge in [0.2, 0.25) is 0 Å². The molecule has 1 aromatic carbocycles. The number of furan rings is 1. The van der Waals surface area contributed by atoms with E-state index >= 15 is 0 Å². The van der Waals surface area contributed by atoms with Crippen LogP contribution in [0.3, 0.4) is 0 Å². The Hall–Kier alpha value is -2.73. The lowest BCUT2D eigenvalue weighted by Gasteiger charge is -2.00. The first-order chi connectivity index (χ1) is 11.0. The number of nitrogens with zero attached hydrogens (tertiary/aromatic N) is 1. The monoisotopic (exact) mass is 326 g/mol. The molecule has 0 aliphatic carbocycles. The molecule has 2 aromatic heterocycles. The van der Waals surface area contributed by atoms with E-state index in [4.69, 9.17) is 4.42 Å². The van der Waals surface area contributed by atoms with E-state index in [1.807, 2.05) is 12.3 Å². The molecule has 0 atom stereocenters. The summed E-state index contributed by atoms with van der Waals surface area (Å²) in [5.74, 6) is 0.449. The Bertz CT molecular complexity index is 862. The van der Waals surface area contributed by atoms with Crippen LogP contribution < -0.4 is 5.32 Å². The van der Waals surface area contributed by atoms with Gasteiger partial charge in [-0.3, -0.25) is 14.9 Å². The van der Waals surface area contributed by atoms with E-state index in [0.29, 0.717) is 16.5 Å². The molecule has 116 valence electrons. The van der Waals surface area contributed by atoms with Gasteiger partial charge in [-0.2, -0.15) is 0 Å². The summed E-state index contributed by atoms with van der Waals surface area (Å²) in [5.41, 5.74) is 2.30. The lowest BCUT2D eigenvalue weighted by Crippen LogP contribution is -2.10. The van der Waals surface area contributed by atoms with Crippen molar-refractivity contribution in [2.24, 2.45) is 0 Å². The van der Waals surface area contributed by atoms with Gasteiger partial charge < -0.3 is 4.42 Å². The van der Waals surface area contributed by atoms with Crippen molar-refractivity contribution in [2.75, 3.05) is 5.32 Å². The number of hydrogen-bond acceptors (Lipinski definition) is 5. The molecule has 0 saturated heterocycles. The Kier molecular flexibility index (Phi) is 4.08. The number of thiazole rings is 1. The second-order valence-corrected chi connectivity index (χ2v) is 5.90. The summed E-state index contributed by atoms with van der Waals surface area (Å²) in [6.07, 6.45) is 0. The lowest BCUT2D eigenvalue weighted by molar-refractivity contribution is 0.0994. The minimum atomic E-state index is -0.342. The van der Waals surface area contributed by atoms with Crippen LogP contribution in [0, 0.1) is 6.92 Å². The average Bonchev–Trinajstić information content (AvgIpc) is 3.16. The van der Waals surface area contributed by atoms with E-state index in [2.05, 4.69) is 10.3 Å². The van der Waals surface area contributed by atoms with Gasteiger partial charge in [-0.1, -0.05) is 24.3 Å². The molecule has 0 bridgehead atoms. The SMILES string of the molecule is CC(=O)c1ccc(-c2ccc(C(=O)Nc3nc(C)cs3)o2)cc1. The lowest BCUT2D eigenvalue weighted by atomic mass is 10.1. The van der Waals surface area contributed by atoms with Crippen molar-refractivity contribution in [2.45, 2.75) is 13.8 Å². The van der Waals surface area contributed by atoms with Crippen LogP contribution in [0.1, 0.15) is 33.5 Å². The summed E-state index contributed by atoms with van der Waals surface area (Å²) in [6.45, 7) is 3.38. The maximum absolute atomic E-state index is 12.1. The van der Waals surface area contributed by atoms with Gasteiger partial charge in [0.25, 0.3) is 5.91 Å². The highest BCUT2D eigenvalue weighted by atomic mass is 32.1. The molecule has 0 unspecified atom stereocenters. The fourth-order valence-corrected chi connectivity index (χ4v) is 2.74. The van der Waals surface area contributed by atoms with Crippen molar-refractivity contribution in [3.05, 3.63) is 58.8 Å². The summed E-state index contributed by atoms with van der Waals surface area (Å²) in [6, 6.07) is 10.4. The number of ketones is 1. The van der Waals surface area contributed by atoms with E-state index in [0.717, 1.165) is 11.3 Å². The molecule has 5 nitrogen and oxygen atoms in total. The Morgan fingerprint density at radius 1 is 1.13 bits per heavy atom. The molecule has 0 aliphatic rings. The fraction of sp³-hybridized carbons (Fsp3) is 0.118. The van der Waals surface area contributed by atoms with Crippen LogP contribution in [0.5, 0.6) is 0 Å².